The summed E-state index contributed by atoms with van der Waals surface area (Å²) in [6, 6.07) is 7.84. The molecule has 0 radical (unpaired) electrons. The van der Waals surface area contributed by atoms with Crippen LogP contribution >= 0.6 is 15.9 Å². The topological polar surface area (TPSA) is 59.4 Å². The minimum Gasteiger partial charge on any atom is -0.359 e. The number of amides is 1. The molecule has 0 aliphatic carbocycles. The Morgan fingerprint density at radius 1 is 1.36 bits per heavy atom. The lowest BCUT2D eigenvalue weighted by Crippen LogP contribution is -2.47. The van der Waals surface area contributed by atoms with Crippen molar-refractivity contribution in [2.75, 3.05) is 38.5 Å². The Hall–Kier alpha value is -1.84. The number of nitrogens with zero attached hydrogens (tertiary/aromatic N) is 3. The van der Waals surface area contributed by atoms with Gasteiger partial charge in [-0.25, -0.2) is 0 Å². The molecule has 0 aromatic heterocycles. The van der Waals surface area contributed by atoms with E-state index in [-0.39, 0.29) is 11.5 Å². The molecule has 2 rings (SSSR count). The van der Waals surface area contributed by atoms with Crippen LogP contribution in [-0.4, -0.2) is 48.9 Å². The highest BCUT2D eigenvalue weighted by molar-refractivity contribution is 9.10. The summed E-state index contributed by atoms with van der Waals surface area (Å²) < 4.78 is 0.896. The fourth-order valence-electron chi connectivity index (χ4n) is 2.21. The van der Waals surface area contributed by atoms with Crippen LogP contribution in [0.15, 0.2) is 34.4 Å². The van der Waals surface area contributed by atoms with Crippen LogP contribution in [0.1, 0.15) is 5.56 Å². The lowest BCUT2D eigenvalue weighted by molar-refractivity contribution is -0.128. The molecule has 1 N–H and O–H groups in total. The van der Waals surface area contributed by atoms with Crippen LogP contribution in [0.4, 0.5) is 5.69 Å². The lowest BCUT2D eigenvalue weighted by atomic mass is 10.2. The zero-order valence-corrected chi connectivity index (χ0v) is 14.4. The third kappa shape index (κ3) is 4.09. The number of halogens is 1. The van der Waals surface area contributed by atoms with E-state index in [1.807, 2.05) is 38.2 Å². The number of likely N-dealkylation sites (N-methyl/N-ethyl adjacent to an activating group) is 1. The second kappa shape index (κ2) is 7.43. The molecule has 0 spiro atoms. The van der Waals surface area contributed by atoms with Gasteiger partial charge in [0.2, 0.25) is 0 Å². The number of hydrogen-bond acceptors (Lipinski definition) is 4. The van der Waals surface area contributed by atoms with Crippen LogP contribution in [0, 0.1) is 18.3 Å². The van der Waals surface area contributed by atoms with Crippen molar-refractivity contribution in [1.29, 1.82) is 5.26 Å². The molecule has 1 saturated heterocycles. The first kappa shape index (κ1) is 16.5. The summed E-state index contributed by atoms with van der Waals surface area (Å²) >= 11 is 3.46. The molecule has 0 saturated carbocycles. The Labute approximate surface area is 139 Å². The predicted molar refractivity (Wildman–Crippen MR) is 90.3 cm³/mol. The van der Waals surface area contributed by atoms with E-state index in [0.29, 0.717) is 13.1 Å². The molecule has 1 aliphatic rings. The van der Waals surface area contributed by atoms with E-state index in [1.54, 1.807) is 4.90 Å². The van der Waals surface area contributed by atoms with Crippen LogP contribution in [0.3, 0.4) is 0 Å². The van der Waals surface area contributed by atoms with E-state index in [1.165, 1.54) is 6.20 Å². The fraction of sp³-hybridized carbons (Fsp3) is 0.375. The number of aryl methyl sites for hydroxylation is 1. The number of hydrogen-bond donors (Lipinski definition) is 1. The smallest absolute Gasteiger partial charge is 0.266 e. The van der Waals surface area contributed by atoms with Gasteiger partial charge in [-0.3, -0.25) is 4.79 Å². The highest BCUT2D eigenvalue weighted by atomic mass is 79.9. The molecule has 1 amide bonds. The first-order valence-corrected chi connectivity index (χ1v) is 7.91. The van der Waals surface area contributed by atoms with Crippen molar-refractivity contribution >= 4 is 27.5 Å². The van der Waals surface area contributed by atoms with Gasteiger partial charge < -0.3 is 15.1 Å². The average molecular weight is 363 g/mol. The second-order valence-electron chi connectivity index (χ2n) is 5.39. The summed E-state index contributed by atoms with van der Waals surface area (Å²) in [4.78, 5) is 16.3. The van der Waals surface area contributed by atoms with E-state index < -0.39 is 0 Å². The number of carbonyl (C=O) groups is 1. The van der Waals surface area contributed by atoms with Crippen molar-refractivity contribution in [3.05, 3.63) is 40.0 Å². The molecule has 22 heavy (non-hydrogen) atoms. The maximum atomic E-state index is 12.4. The summed E-state index contributed by atoms with van der Waals surface area (Å²) in [7, 11) is 2.03. The summed E-state index contributed by atoms with van der Waals surface area (Å²) in [5, 5.41) is 12.3. The molecule has 1 heterocycles. The lowest BCUT2D eigenvalue weighted by Gasteiger charge is -2.32. The number of nitrogens with one attached hydrogen (secondary N) is 1. The molecule has 1 aromatic carbocycles. The van der Waals surface area contributed by atoms with Crippen LogP contribution < -0.4 is 5.32 Å². The van der Waals surface area contributed by atoms with Crippen molar-refractivity contribution in [3.63, 3.8) is 0 Å². The fourth-order valence-corrected chi connectivity index (χ4v) is 2.82. The van der Waals surface area contributed by atoms with Crippen LogP contribution in [0.25, 0.3) is 0 Å². The molecule has 5 nitrogen and oxygen atoms in total. The Kier molecular flexibility index (Phi) is 5.58. The van der Waals surface area contributed by atoms with E-state index in [4.69, 9.17) is 0 Å². The molecule has 1 aliphatic heterocycles. The van der Waals surface area contributed by atoms with Crippen LogP contribution in [0.5, 0.6) is 0 Å². The average Bonchev–Trinajstić information content (AvgIpc) is 2.50. The minimum absolute atomic E-state index is 0.122. The van der Waals surface area contributed by atoms with Gasteiger partial charge in [0.25, 0.3) is 5.91 Å². The van der Waals surface area contributed by atoms with Gasteiger partial charge in [-0.1, -0.05) is 6.07 Å². The number of rotatable bonds is 3. The summed E-state index contributed by atoms with van der Waals surface area (Å²) in [6.45, 7) is 4.98. The third-order valence-electron chi connectivity index (χ3n) is 3.64. The first-order valence-electron chi connectivity index (χ1n) is 7.12. The number of nitriles is 1. The third-order valence-corrected chi connectivity index (χ3v) is 4.29. The van der Waals surface area contributed by atoms with Crippen molar-refractivity contribution in [3.8, 4) is 6.07 Å². The molecular formula is C16H19BrN4O. The number of anilines is 1. The minimum atomic E-state index is -0.216. The zero-order chi connectivity index (χ0) is 16.1. The zero-order valence-electron chi connectivity index (χ0n) is 12.8. The second-order valence-corrected chi connectivity index (χ2v) is 6.25. The summed E-state index contributed by atoms with van der Waals surface area (Å²) in [5.74, 6) is -0.216. The number of benzene rings is 1. The van der Waals surface area contributed by atoms with E-state index >= 15 is 0 Å². The van der Waals surface area contributed by atoms with Gasteiger partial charge >= 0.3 is 0 Å². The molecular weight excluding hydrogens is 344 g/mol. The highest BCUT2D eigenvalue weighted by Crippen LogP contribution is 2.23. The van der Waals surface area contributed by atoms with Gasteiger partial charge in [0.1, 0.15) is 11.6 Å². The van der Waals surface area contributed by atoms with E-state index in [2.05, 4.69) is 26.1 Å². The maximum Gasteiger partial charge on any atom is 0.266 e. The molecule has 1 fully saturated rings. The quantitative estimate of drug-likeness (QED) is 0.662. The predicted octanol–water partition coefficient (Wildman–Crippen LogP) is 2.35. The highest BCUT2D eigenvalue weighted by Gasteiger charge is 2.22. The molecule has 0 atom stereocenters. The van der Waals surface area contributed by atoms with Gasteiger partial charge in [-0.05, 0) is 47.6 Å². The number of piperazine rings is 1. The largest absolute Gasteiger partial charge is 0.359 e. The van der Waals surface area contributed by atoms with Crippen molar-refractivity contribution in [2.45, 2.75) is 6.92 Å². The molecule has 1 aromatic rings. The Morgan fingerprint density at radius 3 is 2.64 bits per heavy atom. The van der Waals surface area contributed by atoms with Gasteiger partial charge in [0.05, 0.1) is 5.69 Å². The van der Waals surface area contributed by atoms with Gasteiger partial charge in [0, 0.05) is 36.9 Å². The molecule has 116 valence electrons. The SMILES string of the molecule is Cc1ccc(N/C=C(/C#N)C(=O)N2CCN(C)CC2)c(Br)c1. The maximum absolute atomic E-state index is 12.4. The van der Waals surface area contributed by atoms with Crippen molar-refractivity contribution in [1.82, 2.24) is 9.80 Å². The Bertz CT molecular complexity index is 628. The Balaban J connectivity index is 2.07. The van der Waals surface area contributed by atoms with Crippen molar-refractivity contribution < 1.29 is 4.79 Å². The molecule has 0 unspecified atom stereocenters. The summed E-state index contributed by atoms with van der Waals surface area (Å²) in [5.41, 5.74) is 2.08. The first-order chi connectivity index (χ1) is 10.5. The number of carbonyl (C=O) groups excluding carboxylic acids is 1. The van der Waals surface area contributed by atoms with E-state index in [0.717, 1.165) is 28.8 Å². The normalized spacial score (nSPS) is 16.3. The van der Waals surface area contributed by atoms with Gasteiger partial charge in [-0.15, -0.1) is 0 Å². The summed E-state index contributed by atoms with van der Waals surface area (Å²) in [6.07, 6.45) is 1.48. The van der Waals surface area contributed by atoms with Gasteiger partial charge in [-0.2, -0.15) is 5.26 Å². The van der Waals surface area contributed by atoms with Crippen LogP contribution in [-0.2, 0) is 4.79 Å². The molecule has 6 heteroatoms. The van der Waals surface area contributed by atoms with Gasteiger partial charge in [0.15, 0.2) is 0 Å². The Morgan fingerprint density at radius 2 is 2.05 bits per heavy atom. The van der Waals surface area contributed by atoms with Crippen LogP contribution in [0.2, 0.25) is 0 Å². The van der Waals surface area contributed by atoms with Crippen molar-refractivity contribution in [2.24, 2.45) is 0 Å². The monoisotopic (exact) mass is 362 g/mol. The standard InChI is InChI=1S/C16H19BrN4O/c1-12-3-4-15(14(17)9-12)19-11-13(10-18)16(22)21-7-5-20(2)6-8-21/h3-4,9,11,19H,5-8H2,1-2H3/b13-11-. The van der Waals surface area contributed by atoms with E-state index in [9.17, 15) is 10.1 Å². The molecule has 0 bridgehead atoms.